The fraction of sp³-hybridized carbons (Fsp3) is 0.588. The Hall–Kier alpha value is -1.76. The number of carbonyl (C=O) groups excluding carboxylic acids is 1. The molecule has 3 rings (SSSR count). The van der Waals surface area contributed by atoms with Crippen LogP contribution in [0.25, 0.3) is 0 Å². The van der Waals surface area contributed by atoms with Crippen molar-refractivity contribution in [2.24, 2.45) is 0 Å². The van der Waals surface area contributed by atoms with E-state index in [1.165, 1.54) is 0 Å². The number of nitrogens with one attached hydrogen (secondary N) is 1. The standard InChI is InChI=1S/C17H24N2O4S/c1-2-11-24(21,22)18-13-6-7-16-15(12-13)17(20)19-9-4-3-5-14(19)8-10-23-16/h6-7,12,14,18H,2-5,8-11H2,1H3. The molecule has 0 saturated carbocycles. The minimum atomic E-state index is -3.38. The maximum atomic E-state index is 12.9. The Labute approximate surface area is 143 Å². The molecule has 1 unspecified atom stereocenters. The van der Waals surface area contributed by atoms with E-state index in [9.17, 15) is 13.2 Å². The van der Waals surface area contributed by atoms with Gasteiger partial charge in [0.25, 0.3) is 5.91 Å². The van der Waals surface area contributed by atoms with Crippen molar-refractivity contribution in [1.29, 1.82) is 0 Å². The third kappa shape index (κ3) is 3.66. The predicted octanol–water partition coefficient (Wildman–Crippen LogP) is 2.62. The molecule has 1 amide bonds. The lowest BCUT2D eigenvalue weighted by Gasteiger charge is -2.37. The second-order valence-electron chi connectivity index (χ2n) is 6.42. The van der Waals surface area contributed by atoms with Gasteiger partial charge in [-0.25, -0.2) is 8.42 Å². The zero-order valence-electron chi connectivity index (χ0n) is 14.0. The van der Waals surface area contributed by atoms with E-state index in [1.807, 2.05) is 11.8 Å². The minimum Gasteiger partial charge on any atom is -0.493 e. The summed E-state index contributed by atoms with van der Waals surface area (Å²) in [7, 11) is -3.38. The van der Waals surface area contributed by atoms with E-state index >= 15 is 0 Å². The van der Waals surface area contributed by atoms with Crippen molar-refractivity contribution in [3.05, 3.63) is 23.8 Å². The van der Waals surface area contributed by atoms with Crippen LogP contribution in [-0.2, 0) is 10.0 Å². The molecule has 2 aliphatic rings. The largest absolute Gasteiger partial charge is 0.493 e. The summed E-state index contributed by atoms with van der Waals surface area (Å²) in [4.78, 5) is 14.9. The molecule has 2 aliphatic heterocycles. The number of carbonyl (C=O) groups is 1. The van der Waals surface area contributed by atoms with Gasteiger partial charge in [-0.2, -0.15) is 0 Å². The van der Waals surface area contributed by atoms with Crippen molar-refractivity contribution in [2.75, 3.05) is 23.6 Å². The molecule has 1 aromatic carbocycles. The fourth-order valence-electron chi connectivity index (χ4n) is 3.41. The lowest BCUT2D eigenvalue weighted by molar-refractivity contribution is 0.0548. The van der Waals surface area contributed by atoms with Gasteiger partial charge in [0.1, 0.15) is 5.75 Å². The maximum Gasteiger partial charge on any atom is 0.257 e. The van der Waals surface area contributed by atoms with Crippen molar-refractivity contribution in [2.45, 2.75) is 45.1 Å². The minimum absolute atomic E-state index is 0.0583. The second-order valence-corrected chi connectivity index (χ2v) is 8.26. The summed E-state index contributed by atoms with van der Waals surface area (Å²) in [5, 5.41) is 0. The predicted molar refractivity (Wildman–Crippen MR) is 92.9 cm³/mol. The first-order valence-electron chi connectivity index (χ1n) is 8.58. The van der Waals surface area contributed by atoms with E-state index < -0.39 is 10.0 Å². The Morgan fingerprint density at radius 2 is 2.12 bits per heavy atom. The van der Waals surface area contributed by atoms with Crippen LogP contribution in [0, 0.1) is 0 Å². The Kier molecular flexibility index (Phi) is 4.99. The first-order valence-corrected chi connectivity index (χ1v) is 10.2. The van der Waals surface area contributed by atoms with E-state index in [4.69, 9.17) is 4.74 Å². The molecule has 0 aromatic heterocycles. The van der Waals surface area contributed by atoms with Crippen molar-refractivity contribution in [1.82, 2.24) is 4.90 Å². The third-order valence-corrected chi connectivity index (χ3v) is 6.05. The Balaban J connectivity index is 1.90. The number of nitrogens with zero attached hydrogens (tertiary/aromatic N) is 1. The lowest BCUT2D eigenvalue weighted by Crippen LogP contribution is -2.45. The molecule has 1 fully saturated rings. The zero-order valence-corrected chi connectivity index (χ0v) is 14.8. The lowest BCUT2D eigenvalue weighted by atomic mass is 9.97. The number of rotatable bonds is 4. The maximum absolute atomic E-state index is 12.9. The SMILES string of the molecule is CCCS(=O)(=O)Nc1ccc2c(c1)C(=O)N1CCCCC1CCO2. The van der Waals surface area contributed by atoms with Crippen LogP contribution >= 0.6 is 0 Å². The highest BCUT2D eigenvalue weighted by molar-refractivity contribution is 7.92. The van der Waals surface area contributed by atoms with Gasteiger partial charge in [0.2, 0.25) is 10.0 Å². The monoisotopic (exact) mass is 352 g/mol. The number of fused-ring (bicyclic) bond motifs is 2. The van der Waals surface area contributed by atoms with Crippen LogP contribution in [-0.4, -0.2) is 44.2 Å². The van der Waals surface area contributed by atoms with E-state index in [0.717, 1.165) is 32.2 Å². The molecule has 1 saturated heterocycles. The molecule has 2 heterocycles. The van der Waals surface area contributed by atoms with Crippen molar-refractivity contribution >= 4 is 21.6 Å². The van der Waals surface area contributed by atoms with E-state index in [0.29, 0.717) is 30.0 Å². The van der Waals surface area contributed by atoms with Crippen LogP contribution in [0.4, 0.5) is 5.69 Å². The summed E-state index contributed by atoms with van der Waals surface area (Å²) in [5.74, 6) is 0.524. The number of piperidine rings is 1. The van der Waals surface area contributed by atoms with Crippen molar-refractivity contribution in [3.63, 3.8) is 0 Å². The fourth-order valence-corrected chi connectivity index (χ4v) is 4.54. The number of benzene rings is 1. The number of amides is 1. The van der Waals surface area contributed by atoms with E-state index in [-0.39, 0.29) is 17.7 Å². The number of ether oxygens (including phenoxy) is 1. The van der Waals surface area contributed by atoms with Gasteiger partial charge >= 0.3 is 0 Å². The van der Waals surface area contributed by atoms with Gasteiger partial charge in [-0.1, -0.05) is 6.92 Å². The molecule has 0 spiro atoms. The molecule has 0 aliphatic carbocycles. The average molecular weight is 352 g/mol. The molecular weight excluding hydrogens is 328 g/mol. The number of sulfonamides is 1. The topological polar surface area (TPSA) is 75.7 Å². The van der Waals surface area contributed by atoms with Crippen LogP contribution in [0.5, 0.6) is 5.75 Å². The van der Waals surface area contributed by atoms with Gasteiger partial charge in [-0.05, 0) is 43.9 Å². The Morgan fingerprint density at radius 3 is 2.92 bits per heavy atom. The molecule has 0 bridgehead atoms. The summed E-state index contributed by atoms with van der Waals surface area (Å²) in [6.45, 7) is 3.14. The molecular formula is C17H24N2O4S. The van der Waals surface area contributed by atoms with Gasteiger partial charge in [-0.15, -0.1) is 0 Å². The molecule has 1 N–H and O–H groups in total. The highest BCUT2D eigenvalue weighted by Gasteiger charge is 2.31. The first-order chi connectivity index (χ1) is 11.5. The van der Waals surface area contributed by atoms with Crippen molar-refractivity contribution < 1.29 is 17.9 Å². The quantitative estimate of drug-likeness (QED) is 0.904. The van der Waals surface area contributed by atoms with Gasteiger partial charge in [0.05, 0.1) is 17.9 Å². The molecule has 0 radical (unpaired) electrons. The van der Waals surface area contributed by atoms with Crippen molar-refractivity contribution in [3.8, 4) is 5.75 Å². The summed E-state index contributed by atoms with van der Waals surface area (Å²) in [5.41, 5.74) is 0.853. The van der Waals surface area contributed by atoms with E-state index in [2.05, 4.69) is 4.72 Å². The van der Waals surface area contributed by atoms with Crippen LogP contribution in [0.2, 0.25) is 0 Å². The van der Waals surface area contributed by atoms with Crippen LogP contribution < -0.4 is 9.46 Å². The summed E-state index contributed by atoms with van der Waals surface area (Å²) in [6.07, 6.45) is 4.54. The summed E-state index contributed by atoms with van der Waals surface area (Å²) < 4.78 is 32.2. The number of hydrogen-bond acceptors (Lipinski definition) is 4. The van der Waals surface area contributed by atoms with Gasteiger partial charge in [0.15, 0.2) is 0 Å². The molecule has 24 heavy (non-hydrogen) atoms. The van der Waals surface area contributed by atoms with Crippen LogP contribution in [0.3, 0.4) is 0 Å². The Morgan fingerprint density at radius 1 is 1.29 bits per heavy atom. The molecule has 6 nitrogen and oxygen atoms in total. The highest BCUT2D eigenvalue weighted by Crippen LogP contribution is 2.31. The molecule has 1 atom stereocenters. The molecule has 1 aromatic rings. The van der Waals surface area contributed by atoms with Gasteiger partial charge in [0, 0.05) is 24.7 Å². The smallest absolute Gasteiger partial charge is 0.257 e. The Bertz CT molecular complexity index is 717. The van der Waals surface area contributed by atoms with Crippen LogP contribution in [0.1, 0.15) is 49.4 Å². The van der Waals surface area contributed by atoms with E-state index in [1.54, 1.807) is 18.2 Å². The van der Waals surface area contributed by atoms with Crippen LogP contribution in [0.15, 0.2) is 18.2 Å². The summed E-state index contributed by atoms with van der Waals surface area (Å²) >= 11 is 0. The highest BCUT2D eigenvalue weighted by atomic mass is 32.2. The first kappa shape index (κ1) is 17.1. The second kappa shape index (κ2) is 7.01. The number of anilines is 1. The zero-order chi connectivity index (χ0) is 17.2. The van der Waals surface area contributed by atoms with Gasteiger partial charge in [-0.3, -0.25) is 9.52 Å². The van der Waals surface area contributed by atoms with Gasteiger partial charge < -0.3 is 9.64 Å². The average Bonchev–Trinajstić information content (AvgIpc) is 2.54. The summed E-state index contributed by atoms with van der Waals surface area (Å²) in [6, 6.07) is 5.15. The normalized spacial score (nSPS) is 21.1. The molecule has 132 valence electrons. The third-order valence-electron chi connectivity index (χ3n) is 4.55. The number of hydrogen-bond donors (Lipinski definition) is 1. The molecule has 7 heteroatoms.